The number of nitrogens with one attached hydrogen (secondary N) is 1. The second-order valence-electron chi connectivity index (χ2n) is 8.92. The van der Waals surface area contributed by atoms with Gasteiger partial charge < -0.3 is 14.4 Å². The molecule has 2 aliphatic carbocycles. The molecule has 2 aromatic carbocycles. The van der Waals surface area contributed by atoms with Gasteiger partial charge in [0.15, 0.2) is 0 Å². The minimum atomic E-state index is -0.0499. The molecule has 1 heterocycles. The first-order valence-electron chi connectivity index (χ1n) is 10.9. The van der Waals surface area contributed by atoms with E-state index in [2.05, 4.69) is 30.3 Å². The van der Waals surface area contributed by atoms with Crippen molar-refractivity contribution in [2.45, 2.75) is 38.6 Å². The fourth-order valence-corrected chi connectivity index (χ4v) is 5.69. The zero-order valence-corrected chi connectivity index (χ0v) is 16.5. The number of ether oxygens (including phenoxy) is 2. The van der Waals surface area contributed by atoms with Crippen LogP contribution in [0.1, 0.15) is 37.7 Å². The number of carbonyl (C=O) groups is 1. The Kier molecular flexibility index (Phi) is 5.08. The molecule has 4 heteroatoms. The zero-order valence-electron chi connectivity index (χ0n) is 16.5. The van der Waals surface area contributed by atoms with E-state index in [1.165, 1.54) is 41.4 Å². The van der Waals surface area contributed by atoms with Crippen LogP contribution in [0.2, 0.25) is 0 Å². The fourth-order valence-electron chi connectivity index (χ4n) is 5.69. The van der Waals surface area contributed by atoms with Gasteiger partial charge in [0, 0.05) is 6.42 Å². The maximum atomic E-state index is 12.8. The minimum Gasteiger partial charge on any atom is -0.426 e. The molecule has 2 bridgehead atoms. The van der Waals surface area contributed by atoms with Gasteiger partial charge in [-0.05, 0) is 53.9 Å². The Balaban J connectivity index is 1.36. The summed E-state index contributed by atoms with van der Waals surface area (Å²) < 4.78 is 11.5. The number of benzene rings is 2. The largest absolute Gasteiger partial charge is 0.426 e. The van der Waals surface area contributed by atoms with Crippen molar-refractivity contribution < 1.29 is 19.2 Å². The smallest absolute Gasteiger partial charge is 0.311 e. The molecule has 4 nitrogen and oxygen atoms in total. The summed E-state index contributed by atoms with van der Waals surface area (Å²) in [6.07, 6.45) is 5.82. The normalized spacial score (nSPS) is 27.4. The number of fused-ring (bicyclic) bond motifs is 3. The van der Waals surface area contributed by atoms with E-state index in [1.807, 2.05) is 6.07 Å². The third-order valence-electron chi connectivity index (χ3n) is 7.16. The van der Waals surface area contributed by atoms with Crippen LogP contribution in [0, 0.1) is 17.8 Å². The second kappa shape index (κ2) is 7.84. The number of rotatable bonds is 5. The van der Waals surface area contributed by atoms with Crippen LogP contribution < -0.4 is 9.64 Å². The Morgan fingerprint density at radius 2 is 1.93 bits per heavy atom. The summed E-state index contributed by atoms with van der Waals surface area (Å²) in [4.78, 5) is 14.3. The average Bonchev–Trinajstić information content (AvgIpc) is 3.34. The molecule has 3 atom stereocenters. The predicted molar refractivity (Wildman–Crippen MR) is 108 cm³/mol. The van der Waals surface area contributed by atoms with Crippen LogP contribution in [0.4, 0.5) is 0 Å². The van der Waals surface area contributed by atoms with E-state index >= 15 is 0 Å². The number of esters is 1. The first-order valence-corrected chi connectivity index (χ1v) is 10.9. The van der Waals surface area contributed by atoms with Crippen molar-refractivity contribution in [1.29, 1.82) is 0 Å². The van der Waals surface area contributed by atoms with Crippen molar-refractivity contribution in [2.24, 2.45) is 17.8 Å². The van der Waals surface area contributed by atoms with Gasteiger partial charge in [-0.15, -0.1) is 0 Å². The SMILES string of the molecule is O=C(C[C@@H]1C[C@H]2CC[C@@H]1C2)Oc1ccc2ccccc2c1C[NH+]1CCOCC1. The molecule has 0 amide bonds. The summed E-state index contributed by atoms with van der Waals surface area (Å²) in [5.41, 5.74) is 1.16. The molecule has 0 spiro atoms. The Morgan fingerprint density at radius 1 is 1.07 bits per heavy atom. The molecule has 1 aliphatic heterocycles. The highest BCUT2D eigenvalue weighted by Gasteiger charge is 2.40. The molecule has 2 saturated carbocycles. The third-order valence-corrected chi connectivity index (χ3v) is 7.16. The van der Waals surface area contributed by atoms with Crippen molar-refractivity contribution in [3.8, 4) is 5.75 Å². The van der Waals surface area contributed by atoms with Crippen molar-refractivity contribution >= 4 is 16.7 Å². The van der Waals surface area contributed by atoms with Gasteiger partial charge in [-0.1, -0.05) is 36.8 Å². The maximum Gasteiger partial charge on any atom is 0.311 e. The first kappa shape index (κ1) is 18.1. The molecule has 2 aromatic rings. The van der Waals surface area contributed by atoms with Crippen LogP contribution in [0.15, 0.2) is 36.4 Å². The summed E-state index contributed by atoms with van der Waals surface area (Å²) in [6, 6.07) is 12.5. The van der Waals surface area contributed by atoms with E-state index in [-0.39, 0.29) is 5.97 Å². The second-order valence-corrected chi connectivity index (χ2v) is 8.92. The van der Waals surface area contributed by atoms with Gasteiger partial charge in [-0.25, -0.2) is 0 Å². The molecule has 1 saturated heterocycles. The topological polar surface area (TPSA) is 40.0 Å². The van der Waals surface area contributed by atoms with Gasteiger partial charge in [-0.2, -0.15) is 0 Å². The Hall–Kier alpha value is -1.91. The molecule has 5 rings (SSSR count). The van der Waals surface area contributed by atoms with Crippen LogP contribution in [-0.2, 0) is 16.1 Å². The van der Waals surface area contributed by atoms with E-state index in [0.717, 1.165) is 56.0 Å². The highest BCUT2D eigenvalue weighted by Crippen LogP contribution is 2.49. The molecule has 28 heavy (non-hydrogen) atoms. The molecule has 0 aromatic heterocycles. The van der Waals surface area contributed by atoms with E-state index in [0.29, 0.717) is 12.3 Å². The monoisotopic (exact) mass is 380 g/mol. The van der Waals surface area contributed by atoms with Gasteiger partial charge in [0.2, 0.25) is 0 Å². The standard InChI is InChI=1S/C24H29NO3/c26-24(15-20-14-17-5-6-19(20)13-17)28-23-8-7-18-3-1-2-4-21(18)22(23)16-25-9-11-27-12-10-25/h1-4,7-8,17,19-20H,5-6,9-16H2/p+1/t17-,19+,20-/m0/s1. The summed E-state index contributed by atoms with van der Waals surface area (Å²) in [5, 5.41) is 2.41. The van der Waals surface area contributed by atoms with Crippen molar-refractivity contribution in [2.75, 3.05) is 26.3 Å². The van der Waals surface area contributed by atoms with Crippen LogP contribution >= 0.6 is 0 Å². The third kappa shape index (κ3) is 3.68. The van der Waals surface area contributed by atoms with E-state index in [9.17, 15) is 4.79 Å². The summed E-state index contributed by atoms with van der Waals surface area (Å²) in [7, 11) is 0. The van der Waals surface area contributed by atoms with Gasteiger partial charge in [0.05, 0.1) is 18.8 Å². The fraction of sp³-hybridized carbons (Fsp3) is 0.542. The van der Waals surface area contributed by atoms with Crippen LogP contribution in [0.25, 0.3) is 10.8 Å². The lowest BCUT2D eigenvalue weighted by molar-refractivity contribution is -0.921. The molecular formula is C24H30NO3+. The quantitative estimate of drug-likeness (QED) is 0.640. The molecule has 0 radical (unpaired) electrons. The molecule has 3 fully saturated rings. The van der Waals surface area contributed by atoms with Crippen LogP contribution in [-0.4, -0.2) is 32.3 Å². The van der Waals surface area contributed by atoms with Gasteiger partial charge in [-0.3, -0.25) is 4.79 Å². The summed E-state index contributed by atoms with van der Waals surface area (Å²) in [5.74, 6) is 2.87. The molecule has 148 valence electrons. The van der Waals surface area contributed by atoms with Crippen molar-refractivity contribution in [1.82, 2.24) is 0 Å². The predicted octanol–water partition coefficient (Wildman–Crippen LogP) is 2.99. The number of quaternary nitrogens is 1. The highest BCUT2D eigenvalue weighted by atomic mass is 16.5. The Labute approximate surface area is 166 Å². The lowest BCUT2D eigenvalue weighted by Gasteiger charge is -2.25. The summed E-state index contributed by atoms with van der Waals surface area (Å²) >= 11 is 0. The van der Waals surface area contributed by atoms with E-state index in [1.54, 1.807) is 0 Å². The van der Waals surface area contributed by atoms with Crippen molar-refractivity contribution in [3.05, 3.63) is 42.0 Å². The number of hydrogen-bond donors (Lipinski definition) is 1. The highest BCUT2D eigenvalue weighted by molar-refractivity contribution is 5.88. The summed E-state index contributed by atoms with van der Waals surface area (Å²) in [6.45, 7) is 4.49. The minimum absolute atomic E-state index is 0.0499. The van der Waals surface area contributed by atoms with Crippen LogP contribution in [0.5, 0.6) is 5.75 Å². The van der Waals surface area contributed by atoms with E-state index in [4.69, 9.17) is 9.47 Å². The number of morpholine rings is 1. The zero-order chi connectivity index (χ0) is 18.9. The lowest BCUT2D eigenvalue weighted by atomic mass is 9.86. The maximum absolute atomic E-state index is 12.8. The molecule has 3 aliphatic rings. The first-order chi connectivity index (χ1) is 13.8. The molecular weight excluding hydrogens is 350 g/mol. The number of carbonyl (C=O) groups excluding carboxylic acids is 1. The number of hydrogen-bond acceptors (Lipinski definition) is 3. The van der Waals surface area contributed by atoms with E-state index < -0.39 is 0 Å². The molecule has 1 N–H and O–H groups in total. The van der Waals surface area contributed by atoms with Gasteiger partial charge in [0.25, 0.3) is 0 Å². The Morgan fingerprint density at radius 3 is 2.71 bits per heavy atom. The molecule has 0 unspecified atom stereocenters. The van der Waals surface area contributed by atoms with Gasteiger partial charge in [0.1, 0.15) is 25.4 Å². The average molecular weight is 381 g/mol. The van der Waals surface area contributed by atoms with Crippen molar-refractivity contribution in [3.63, 3.8) is 0 Å². The lowest BCUT2D eigenvalue weighted by Crippen LogP contribution is -3.12. The van der Waals surface area contributed by atoms with Gasteiger partial charge >= 0.3 is 5.97 Å². The van der Waals surface area contributed by atoms with Crippen LogP contribution in [0.3, 0.4) is 0 Å². The Bertz CT molecular complexity index is 858.